The van der Waals surface area contributed by atoms with Crippen LogP contribution >= 0.6 is 0 Å². The molecule has 1 saturated heterocycles. The Kier molecular flexibility index (Phi) is 7.50. The standard InChI is InChI=1S/C22H31N5O5/c1-12-16(28)17(32-22(3,4)5)18(31-21(12)30-6)20(29)23-11-14-7-9-15(10-8-14)19-26-24-13(2)25-27-19/h7-10,12,16-18,21,28H,11H2,1-6H3,(H,23,29)/t12?,16?,17-,18?,21?/m0/s1. The average molecular weight is 446 g/mol. The van der Waals surface area contributed by atoms with Crippen molar-refractivity contribution < 1.29 is 24.1 Å². The Labute approximate surface area is 187 Å². The molecule has 2 heterocycles. The molecule has 1 aromatic carbocycles. The van der Waals surface area contributed by atoms with E-state index in [1.165, 1.54) is 7.11 Å². The molecule has 4 unspecified atom stereocenters. The molecular formula is C22H31N5O5. The van der Waals surface area contributed by atoms with Crippen molar-refractivity contribution >= 4 is 5.91 Å². The summed E-state index contributed by atoms with van der Waals surface area (Å²) >= 11 is 0. The molecule has 0 bridgehead atoms. The van der Waals surface area contributed by atoms with E-state index in [0.29, 0.717) is 11.6 Å². The fourth-order valence-corrected chi connectivity index (χ4v) is 3.46. The molecule has 2 aromatic rings. The first-order chi connectivity index (χ1) is 15.1. The van der Waals surface area contributed by atoms with Crippen LogP contribution in [0.5, 0.6) is 0 Å². The smallest absolute Gasteiger partial charge is 0.252 e. The van der Waals surface area contributed by atoms with Crippen molar-refractivity contribution in [1.29, 1.82) is 0 Å². The molecule has 2 N–H and O–H groups in total. The van der Waals surface area contributed by atoms with Gasteiger partial charge in [0.15, 0.2) is 18.2 Å². The third kappa shape index (κ3) is 5.83. The Balaban J connectivity index is 1.68. The quantitative estimate of drug-likeness (QED) is 0.678. The lowest BCUT2D eigenvalue weighted by molar-refractivity contribution is -0.284. The number of carbonyl (C=O) groups excluding carboxylic acids is 1. The summed E-state index contributed by atoms with van der Waals surface area (Å²) < 4.78 is 17.2. The molecule has 3 rings (SSSR count). The molecule has 0 saturated carbocycles. The van der Waals surface area contributed by atoms with Gasteiger partial charge >= 0.3 is 0 Å². The number of hydrogen-bond donors (Lipinski definition) is 2. The van der Waals surface area contributed by atoms with Gasteiger partial charge in [0.05, 0.1) is 11.7 Å². The van der Waals surface area contributed by atoms with Crippen LogP contribution < -0.4 is 5.32 Å². The number of aryl methyl sites for hydroxylation is 1. The number of rotatable bonds is 6. The number of aliphatic hydroxyl groups is 1. The second kappa shape index (κ2) is 9.95. The molecule has 0 spiro atoms. The summed E-state index contributed by atoms with van der Waals surface area (Å²) in [5.41, 5.74) is 1.08. The zero-order valence-electron chi connectivity index (χ0n) is 19.3. The summed E-state index contributed by atoms with van der Waals surface area (Å²) in [6.45, 7) is 9.40. The van der Waals surface area contributed by atoms with Crippen LogP contribution in [-0.2, 0) is 25.5 Å². The van der Waals surface area contributed by atoms with Gasteiger partial charge in [-0.05, 0) is 33.3 Å². The van der Waals surface area contributed by atoms with Gasteiger partial charge in [-0.25, -0.2) is 0 Å². The van der Waals surface area contributed by atoms with Crippen LogP contribution in [-0.4, -0.2) is 68.7 Å². The SMILES string of the molecule is COC1OC(C(=O)NCc2ccc(-c3nnc(C)nn3)cc2)[C@@H](OC(C)(C)C)C(O)C1C. The molecular weight excluding hydrogens is 414 g/mol. The van der Waals surface area contributed by atoms with Gasteiger partial charge in [0, 0.05) is 25.1 Å². The highest BCUT2D eigenvalue weighted by molar-refractivity contribution is 5.81. The molecule has 1 aromatic heterocycles. The molecule has 10 heteroatoms. The summed E-state index contributed by atoms with van der Waals surface area (Å²) in [6.07, 6.45) is -3.46. The fraction of sp³-hybridized carbons (Fsp3) is 0.591. The van der Waals surface area contributed by atoms with Crippen molar-refractivity contribution in [3.63, 3.8) is 0 Å². The molecule has 10 nitrogen and oxygen atoms in total. The van der Waals surface area contributed by atoms with Crippen LogP contribution in [0, 0.1) is 12.8 Å². The number of ether oxygens (including phenoxy) is 3. The first-order valence-corrected chi connectivity index (χ1v) is 10.5. The van der Waals surface area contributed by atoms with Crippen molar-refractivity contribution in [3.05, 3.63) is 35.7 Å². The summed E-state index contributed by atoms with van der Waals surface area (Å²) in [5.74, 6) is 0.197. The molecule has 1 fully saturated rings. The van der Waals surface area contributed by atoms with E-state index in [-0.39, 0.29) is 18.4 Å². The van der Waals surface area contributed by atoms with Gasteiger partial charge in [-0.15, -0.1) is 20.4 Å². The number of aliphatic hydroxyl groups excluding tert-OH is 1. The van der Waals surface area contributed by atoms with Crippen molar-refractivity contribution in [2.75, 3.05) is 7.11 Å². The van der Waals surface area contributed by atoms with Crippen LogP contribution in [0.25, 0.3) is 11.4 Å². The Morgan fingerprint density at radius 2 is 1.78 bits per heavy atom. The first kappa shape index (κ1) is 24.1. The number of hydrogen-bond acceptors (Lipinski definition) is 9. The van der Waals surface area contributed by atoms with Gasteiger partial charge in [0.1, 0.15) is 6.10 Å². The van der Waals surface area contributed by atoms with Crippen molar-refractivity contribution in [2.24, 2.45) is 5.92 Å². The van der Waals surface area contributed by atoms with Crippen molar-refractivity contribution in [1.82, 2.24) is 25.7 Å². The normalized spacial score (nSPS) is 26.0. The number of methoxy groups -OCH3 is 1. The third-order valence-electron chi connectivity index (χ3n) is 5.12. The maximum atomic E-state index is 13.0. The van der Waals surface area contributed by atoms with Crippen molar-refractivity contribution in [3.8, 4) is 11.4 Å². The highest BCUT2D eigenvalue weighted by Gasteiger charge is 2.48. The molecule has 1 amide bonds. The summed E-state index contributed by atoms with van der Waals surface area (Å²) in [7, 11) is 1.48. The van der Waals surface area contributed by atoms with E-state index in [0.717, 1.165) is 11.1 Å². The van der Waals surface area contributed by atoms with Gasteiger partial charge < -0.3 is 24.6 Å². The number of carbonyl (C=O) groups is 1. The maximum Gasteiger partial charge on any atom is 0.252 e. The predicted molar refractivity (Wildman–Crippen MR) is 115 cm³/mol. The average Bonchev–Trinajstić information content (AvgIpc) is 2.75. The van der Waals surface area contributed by atoms with Crippen molar-refractivity contribution in [2.45, 2.75) is 71.4 Å². The Morgan fingerprint density at radius 1 is 1.16 bits per heavy atom. The first-order valence-electron chi connectivity index (χ1n) is 10.5. The van der Waals surface area contributed by atoms with Crippen LogP contribution in [0.2, 0.25) is 0 Å². The predicted octanol–water partition coefficient (Wildman–Crippen LogP) is 1.41. The van der Waals surface area contributed by atoms with E-state index in [2.05, 4.69) is 25.7 Å². The van der Waals surface area contributed by atoms with E-state index in [1.807, 2.05) is 45.0 Å². The molecule has 0 aliphatic carbocycles. The van der Waals surface area contributed by atoms with E-state index in [9.17, 15) is 9.90 Å². The highest BCUT2D eigenvalue weighted by atomic mass is 16.7. The minimum absolute atomic E-state index is 0.274. The van der Waals surface area contributed by atoms with Gasteiger partial charge in [-0.2, -0.15) is 0 Å². The minimum atomic E-state index is -1.01. The van der Waals surface area contributed by atoms with E-state index < -0.39 is 30.2 Å². The monoisotopic (exact) mass is 445 g/mol. The zero-order chi connectivity index (χ0) is 23.5. The molecule has 32 heavy (non-hydrogen) atoms. The molecule has 1 aliphatic rings. The van der Waals surface area contributed by atoms with Gasteiger partial charge in [0.25, 0.3) is 5.91 Å². The van der Waals surface area contributed by atoms with Crippen LogP contribution in [0.4, 0.5) is 0 Å². The van der Waals surface area contributed by atoms with Gasteiger partial charge in [-0.1, -0.05) is 31.2 Å². The largest absolute Gasteiger partial charge is 0.390 e. The van der Waals surface area contributed by atoms with Gasteiger partial charge in [-0.3, -0.25) is 4.79 Å². The zero-order valence-corrected chi connectivity index (χ0v) is 19.3. The van der Waals surface area contributed by atoms with E-state index in [4.69, 9.17) is 14.2 Å². The lowest BCUT2D eigenvalue weighted by Crippen LogP contribution is -2.61. The second-order valence-corrected chi connectivity index (χ2v) is 8.89. The lowest BCUT2D eigenvalue weighted by atomic mass is 9.91. The lowest BCUT2D eigenvalue weighted by Gasteiger charge is -2.44. The Hall–Kier alpha value is -2.53. The number of nitrogens with zero attached hydrogens (tertiary/aromatic N) is 4. The topological polar surface area (TPSA) is 129 Å². The fourth-order valence-electron chi connectivity index (χ4n) is 3.46. The molecule has 0 radical (unpaired) electrons. The van der Waals surface area contributed by atoms with Crippen LogP contribution in [0.1, 0.15) is 39.1 Å². The summed E-state index contributed by atoms with van der Waals surface area (Å²) in [6, 6.07) is 7.40. The van der Waals surface area contributed by atoms with Gasteiger partial charge in [0.2, 0.25) is 5.82 Å². The molecule has 174 valence electrons. The summed E-state index contributed by atoms with van der Waals surface area (Å²) in [4.78, 5) is 13.0. The highest BCUT2D eigenvalue weighted by Crippen LogP contribution is 2.31. The molecule has 5 atom stereocenters. The summed E-state index contributed by atoms with van der Waals surface area (Å²) in [5, 5.41) is 29.5. The van der Waals surface area contributed by atoms with E-state index >= 15 is 0 Å². The Bertz CT molecular complexity index is 900. The second-order valence-electron chi connectivity index (χ2n) is 8.89. The van der Waals surface area contributed by atoms with E-state index in [1.54, 1.807) is 13.8 Å². The number of nitrogens with one attached hydrogen (secondary N) is 1. The van der Waals surface area contributed by atoms with Crippen LogP contribution in [0.15, 0.2) is 24.3 Å². The maximum absolute atomic E-state index is 13.0. The third-order valence-corrected chi connectivity index (χ3v) is 5.12. The number of aromatic nitrogens is 4. The number of amides is 1. The minimum Gasteiger partial charge on any atom is -0.390 e. The molecule has 1 aliphatic heterocycles. The van der Waals surface area contributed by atoms with Crippen LogP contribution in [0.3, 0.4) is 0 Å². The number of benzene rings is 1. The Morgan fingerprint density at radius 3 is 2.34 bits per heavy atom.